The van der Waals surface area contributed by atoms with E-state index in [1.807, 2.05) is 18.2 Å². The Morgan fingerprint density at radius 1 is 1.28 bits per heavy atom. The molecule has 1 unspecified atom stereocenters. The van der Waals surface area contributed by atoms with Crippen molar-refractivity contribution in [2.75, 3.05) is 43.1 Å². The van der Waals surface area contributed by atoms with Crippen molar-refractivity contribution < 1.29 is 13.2 Å². The average molecular weight is 383 g/mol. The number of amides is 1. The molecule has 0 aliphatic carbocycles. The van der Waals surface area contributed by atoms with Gasteiger partial charge in [0.15, 0.2) is 5.13 Å². The fourth-order valence-electron chi connectivity index (χ4n) is 2.81. The molecular formula is C16H22N4O3S2. The van der Waals surface area contributed by atoms with Crippen molar-refractivity contribution in [3.05, 3.63) is 24.3 Å². The number of sulfone groups is 1. The van der Waals surface area contributed by atoms with E-state index in [0.717, 1.165) is 21.6 Å². The second-order valence-electron chi connectivity index (χ2n) is 6.30. The number of para-hydroxylation sites is 1. The Labute approximate surface area is 151 Å². The van der Waals surface area contributed by atoms with Gasteiger partial charge in [-0.15, -0.1) is 0 Å². The third kappa shape index (κ3) is 4.47. The van der Waals surface area contributed by atoms with Crippen molar-refractivity contribution in [2.45, 2.75) is 12.5 Å². The molecule has 0 spiro atoms. The number of hydrogen-bond donors (Lipinski definition) is 1. The fraction of sp³-hybridized carbons (Fsp3) is 0.500. The molecule has 0 bridgehead atoms. The van der Waals surface area contributed by atoms with Crippen LogP contribution >= 0.6 is 11.3 Å². The van der Waals surface area contributed by atoms with Crippen LogP contribution in [0.5, 0.6) is 0 Å². The van der Waals surface area contributed by atoms with E-state index in [2.05, 4.69) is 16.0 Å². The molecule has 1 aromatic heterocycles. The SMILES string of the molecule is CS(=O)(=O)CCC(N)C(=O)N1CCN(c2nc3ccccc3s2)CC1. The summed E-state index contributed by atoms with van der Waals surface area (Å²) in [5.41, 5.74) is 6.86. The molecule has 0 radical (unpaired) electrons. The third-order valence-electron chi connectivity index (χ3n) is 4.26. The molecule has 2 heterocycles. The highest BCUT2D eigenvalue weighted by molar-refractivity contribution is 7.90. The number of thiazole rings is 1. The topological polar surface area (TPSA) is 96.6 Å². The molecule has 25 heavy (non-hydrogen) atoms. The van der Waals surface area contributed by atoms with Gasteiger partial charge in [0.05, 0.1) is 22.0 Å². The summed E-state index contributed by atoms with van der Waals surface area (Å²) in [5.74, 6) is -0.237. The van der Waals surface area contributed by atoms with E-state index >= 15 is 0 Å². The van der Waals surface area contributed by atoms with Crippen molar-refractivity contribution >= 4 is 42.4 Å². The minimum atomic E-state index is -3.11. The lowest BCUT2D eigenvalue weighted by Gasteiger charge is -2.35. The third-order valence-corrected chi connectivity index (χ3v) is 6.34. The molecular weight excluding hydrogens is 360 g/mol. The molecule has 2 aromatic rings. The summed E-state index contributed by atoms with van der Waals surface area (Å²) >= 11 is 1.65. The zero-order valence-electron chi connectivity index (χ0n) is 14.1. The Bertz CT molecular complexity index is 824. The van der Waals surface area contributed by atoms with Crippen molar-refractivity contribution in [3.63, 3.8) is 0 Å². The normalized spacial score (nSPS) is 17.0. The molecule has 0 saturated carbocycles. The monoisotopic (exact) mass is 382 g/mol. The summed E-state index contributed by atoms with van der Waals surface area (Å²) in [7, 11) is -3.11. The van der Waals surface area contributed by atoms with Crippen LogP contribution in [0.1, 0.15) is 6.42 Å². The highest BCUT2D eigenvalue weighted by Gasteiger charge is 2.26. The van der Waals surface area contributed by atoms with Crippen LogP contribution in [0.2, 0.25) is 0 Å². The van der Waals surface area contributed by atoms with E-state index in [-0.39, 0.29) is 18.1 Å². The zero-order chi connectivity index (χ0) is 18.0. The molecule has 9 heteroatoms. The number of benzene rings is 1. The number of anilines is 1. The van der Waals surface area contributed by atoms with Gasteiger partial charge >= 0.3 is 0 Å². The summed E-state index contributed by atoms with van der Waals surface area (Å²) in [6.45, 7) is 2.54. The molecule has 136 valence electrons. The summed E-state index contributed by atoms with van der Waals surface area (Å²) in [6.07, 6.45) is 1.32. The summed E-state index contributed by atoms with van der Waals surface area (Å²) in [5, 5.41) is 0.967. The number of carbonyl (C=O) groups is 1. The Kier molecular flexibility index (Phi) is 5.26. The first-order valence-electron chi connectivity index (χ1n) is 8.16. The first-order chi connectivity index (χ1) is 11.8. The number of aromatic nitrogens is 1. The smallest absolute Gasteiger partial charge is 0.239 e. The van der Waals surface area contributed by atoms with Gasteiger partial charge in [-0.3, -0.25) is 4.79 Å². The molecule has 1 aliphatic heterocycles. The summed E-state index contributed by atoms with van der Waals surface area (Å²) in [6, 6.07) is 7.26. The van der Waals surface area contributed by atoms with Gasteiger partial charge in [-0.1, -0.05) is 23.5 Å². The largest absolute Gasteiger partial charge is 0.345 e. The fourth-order valence-corrected chi connectivity index (χ4v) is 4.51. The van der Waals surface area contributed by atoms with Crippen molar-refractivity contribution in [1.82, 2.24) is 9.88 Å². The maximum atomic E-state index is 12.4. The highest BCUT2D eigenvalue weighted by atomic mass is 32.2. The molecule has 3 rings (SSSR count). The number of carbonyl (C=O) groups excluding carboxylic acids is 1. The first-order valence-corrected chi connectivity index (χ1v) is 11.0. The summed E-state index contributed by atoms with van der Waals surface area (Å²) < 4.78 is 23.6. The van der Waals surface area contributed by atoms with Gasteiger partial charge in [0.25, 0.3) is 0 Å². The lowest BCUT2D eigenvalue weighted by Crippen LogP contribution is -2.53. The second-order valence-corrected chi connectivity index (χ2v) is 9.57. The second kappa shape index (κ2) is 7.27. The van der Waals surface area contributed by atoms with Crippen LogP contribution in [0, 0.1) is 0 Å². The van der Waals surface area contributed by atoms with Crippen LogP contribution in [0.15, 0.2) is 24.3 Å². The quantitative estimate of drug-likeness (QED) is 0.818. The number of fused-ring (bicyclic) bond motifs is 1. The van der Waals surface area contributed by atoms with Crippen molar-refractivity contribution in [1.29, 1.82) is 0 Å². The van der Waals surface area contributed by atoms with E-state index in [4.69, 9.17) is 5.73 Å². The van der Waals surface area contributed by atoms with Gasteiger partial charge in [-0.05, 0) is 18.6 Å². The van der Waals surface area contributed by atoms with Gasteiger partial charge in [0, 0.05) is 32.4 Å². The van der Waals surface area contributed by atoms with Gasteiger partial charge in [-0.2, -0.15) is 0 Å². The van der Waals surface area contributed by atoms with Crippen LogP contribution in [0.4, 0.5) is 5.13 Å². The predicted octanol–water partition coefficient (Wildman–Crippen LogP) is 0.707. The number of hydrogen-bond acceptors (Lipinski definition) is 7. The van der Waals surface area contributed by atoms with E-state index < -0.39 is 15.9 Å². The molecule has 1 fully saturated rings. The summed E-state index contributed by atoms with van der Waals surface area (Å²) in [4.78, 5) is 20.9. The predicted molar refractivity (Wildman–Crippen MR) is 101 cm³/mol. The van der Waals surface area contributed by atoms with Crippen LogP contribution in [0.25, 0.3) is 10.2 Å². The van der Waals surface area contributed by atoms with Crippen molar-refractivity contribution in [3.8, 4) is 0 Å². The zero-order valence-corrected chi connectivity index (χ0v) is 15.7. The lowest BCUT2D eigenvalue weighted by atomic mass is 10.2. The van der Waals surface area contributed by atoms with Gasteiger partial charge in [-0.25, -0.2) is 13.4 Å². The van der Waals surface area contributed by atoms with E-state index in [1.165, 1.54) is 0 Å². The molecule has 1 saturated heterocycles. The van der Waals surface area contributed by atoms with E-state index in [9.17, 15) is 13.2 Å². The van der Waals surface area contributed by atoms with Crippen LogP contribution in [0.3, 0.4) is 0 Å². The maximum Gasteiger partial charge on any atom is 0.239 e. The Balaban J connectivity index is 1.56. The minimum absolute atomic E-state index is 0.0639. The van der Waals surface area contributed by atoms with Crippen LogP contribution in [-0.2, 0) is 14.6 Å². The van der Waals surface area contributed by atoms with Crippen LogP contribution in [-0.4, -0.2) is 68.4 Å². The van der Waals surface area contributed by atoms with E-state index in [1.54, 1.807) is 16.2 Å². The number of rotatable bonds is 5. The Morgan fingerprint density at radius 2 is 1.96 bits per heavy atom. The van der Waals surface area contributed by atoms with Crippen LogP contribution < -0.4 is 10.6 Å². The molecule has 1 amide bonds. The number of piperazine rings is 1. The molecule has 1 atom stereocenters. The Hall–Kier alpha value is -1.71. The number of nitrogens with zero attached hydrogens (tertiary/aromatic N) is 3. The maximum absolute atomic E-state index is 12.4. The van der Waals surface area contributed by atoms with Gasteiger partial charge in [0.2, 0.25) is 5.91 Å². The van der Waals surface area contributed by atoms with Gasteiger partial charge < -0.3 is 15.5 Å². The average Bonchev–Trinajstić information content (AvgIpc) is 3.02. The highest BCUT2D eigenvalue weighted by Crippen LogP contribution is 2.29. The molecule has 1 aliphatic rings. The minimum Gasteiger partial charge on any atom is -0.345 e. The Morgan fingerprint density at radius 3 is 2.60 bits per heavy atom. The van der Waals surface area contributed by atoms with Gasteiger partial charge in [0.1, 0.15) is 9.84 Å². The lowest BCUT2D eigenvalue weighted by molar-refractivity contribution is -0.132. The first kappa shape index (κ1) is 18.1. The molecule has 2 N–H and O–H groups in total. The standard InChI is InChI=1S/C16H22N4O3S2/c1-25(22,23)11-6-12(17)15(21)19-7-9-20(10-8-19)16-18-13-4-2-3-5-14(13)24-16/h2-5,12H,6-11,17H2,1H3. The van der Waals surface area contributed by atoms with Crippen molar-refractivity contribution in [2.24, 2.45) is 5.73 Å². The molecule has 7 nitrogen and oxygen atoms in total. The number of nitrogens with two attached hydrogens (primary N) is 1. The molecule has 1 aromatic carbocycles. The van der Waals surface area contributed by atoms with E-state index in [0.29, 0.717) is 26.2 Å².